The zero-order valence-electron chi connectivity index (χ0n) is 9.85. The van der Waals surface area contributed by atoms with Gasteiger partial charge in [-0.3, -0.25) is 0 Å². The van der Waals surface area contributed by atoms with Crippen molar-refractivity contribution in [2.75, 3.05) is 21.3 Å². The Morgan fingerprint density at radius 3 is 2.41 bits per heavy atom. The number of benzene rings is 1. The number of hydrogen-bond donors (Lipinski definition) is 2. The van der Waals surface area contributed by atoms with E-state index in [0.29, 0.717) is 5.56 Å². The van der Waals surface area contributed by atoms with Crippen molar-refractivity contribution in [1.29, 1.82) is 0 Å². The highest BCUT2D eigenvalue weighted by Crippen LogP contribution is 2.37. The Bertz CT molecular complexity index is 498. The highest BCUT2D eigenvalue weighted by atomic mass is 32.2. The lowest BCUT2D eigenvalue weighted by atomic mass is 10.2. The molecule has 0 unspecified atom stereocenters. The minimum atomic E-state index is -3.39. The summed E-state index contributed by atoms with van der Waals surface area (Å²) in [5, 5.41) is 9.65. The first-order chi connectivity index (χ1) is 7.93. The second-order valence-electron chi connectivity index (χ2n) is 3.31. The molecular formula is C10H15NO5S. The van der Waals surface area contributed by atoms with Crippen molar-refractivity contribution >= 4 is 10.0 Å². The summed E-state index contributed by atoms with van der Waals surface area (Å²) in [6.45, 7) is 0. The smallest absolute Gasteiger partial charge is 0.215 e. The first-order valence-corrected chi connectivity index (χ1v) is 6.44. The van der Waals surface area contributed by atoms with Gasteiger partial charge in [0, 0.05) is 0 Å². The van der Waals surface area contributed by atoms with E-state index in [1.54, 1.807) is 0 Å². The number of aromatic hydroxyl groups is 1. The predicted molar refractivity (Wildman–Crippen MR) is 62.9 cm³/mol. The maximum absolute atomic E-state index is 11.4. The lowest BCUT2D eigenvalue weighted by Crippen LogP contribution is -2.20. The van der Waals surface area contributed by atoms with Crippen LogP contribution in [0.4, 0.5) is 0 Å². The maximum Gasteiger partial charge on any atom is 0.215 e. The van der Waals surface area contributed by atoms with Gasteiger partial charge in [0.1, 0.15) is 0 Å². The third kappa shape index (κ3) is 3.24. The monoisotopic (exact) mass is 261 g/mol. The Kier molecular flexibility index (Phi) is 4.19. The summed E-state index contributed by atoms with van der Waals surface area (Å²) in [6.07, 6.45) is 0. The molecule has 7 heteroatoms. The fourth-order valence-corrected chi connectivity index (χ4v) is 2.12. The van der Waals surface area contributed by atoms with Gasteiger partial charge in [0.2, 0.25) is 15.8 Å². The lowest BCUT2D eigenvalue weighted by molar-refractivity contribution is 0.332. The van der Waals surface area contributed by atoms with Gasteiger partial charge in [-0.1, -0.05) is 0 Å². The van der Waals surface area contributed by atoms with Crippen LogP contribution in [0.1, 0.15) is 5.56 Å². The molecule has 1 aromatic carbocycles. The summed E-state index contributed by atoms with van der Waals surface area (Å²) in [5.41, 5.74) is 0.412. The Morgan fingerprint density at radius 1 is 1.29 bits per heavy atom. The second kappa shape index (κ2) is 5.24. The third-order valence-corrected chi connectivity index (χ3v) is 3.52. The fourth-order valence-electron chi connectivity index (χ4n) is 1.37. The molecule has 0 atom stereocenters. The van der Waals surface area contributed by atoms with Crippen molar-refractivity contribution in [3.05, 3.63) is 17.7 Å². The van der Waals surface area contributed by atoms with Crippen molar-refractivity contribution < 1.29 is 23.0 Å². The number of rotatable bonds is 5. The SMILES string of the molecule is CNS(=O)(=O)Cc1cc(O)c(OC)c(OC)c1. The average Bonchev–Trinajstić information content (AvgIpc) is 2.27. The van der Waals surface area contributed by atoms with Crippen molar-refractivity contribution in [1.82, 2.24) is 4.72 Å². The van der Waals surface area contributed by atoms with Gasteiger partial charge < -0.3 is 14.6 Å². The minimum absolute atomic E-state index is 0.159. The first-order valence-electron chi connectivity index (χ1n) is 4.78. The quantitative estimate of drug-likeness (QED) is 0.804. The van der Waals surface area contributed by atoms with E-state index in [-0.39, 0.29) is 23.0 Å². The van der Waals surface area contributed by atoms with Crippen molar-refractivity contribution in [2.24, 2.45) is 0 Å². The molecule has 0 aliphatic heterocycles. The minimum Gasteiger partial charge on any atom is -0.504 e. The van der Waals surface area contributed by atoms with E-state index in [9.17, 15) is 13.5 Å². The number of ether oxygens (including phenoxy) is 2. The highest BCUT2D eigenvalue weighted by molar-refractivity contribution is 7.88. The molecule has 1 rings (SSSR count). The number of methoxy groups -OCH3 is 2. The lowest BCUT2D eigenvalue weighted by Gasteiger charge is -2.11. The van der Waals surface area contributed by atoms with E-state index < -0.39 is 10.0 Å². The van der Waals surface area contributed by atoms with Crippen LogP contribution in [0.25, 0.3) is 0 Å². The molecule has 0 bridgehead atoms. The van der Waals surface area contributed by atoms with Gasteiger partial charge in [-0.2, -0.15) is 0 Å². The van der Waals surface area contributed by atoms with Crippen molar-refractivity contribution in [2.45, 2.75) is 5.75 Å². The molecule has 0 aromatic heterocycles. The maximum atomic E-state index is 11.4. The van der Waals surface area contributed by atoms with Crippen LogP contribution >= 0.6 is 0 Å². The predicted octanol–water partition coefficient (Wildman–Crippen LogP) is 0.459. The average molecular weight is 261 g/mol. The van der Waals surface area contributed by atoms with Crippen LogP contribution in [-0.4, -0.2) is 34.8 Å². The van der Waals surface area contributed by atoms with Crippen LogP contribution in [-0.2, 0) is 15.8 Å². The molecule has 1 aromatic rings. The van der Waals surface area contributed by atoms with Crippen LogP contribution in [0.3, 0.4) is 0 Å². The van der Waals surface area contributed by atoms with E-state index in [0.717, 1.165) is 0 Å². The summed E-state index contributed by atoms with van der Waals surface area (Å²) in [7, 11) is 0.739. The van der Waals surface area contributed by atoms with Crippen LogP contribution in [0.15, 0.2) is 12.1 Å². The van der Waals surface area contributed by atoms with Crippen LogP contribution in [0.5, 0.6) is 17.2 Å². The van der Waals surface area contributed by atoms with Crippen LogP contribution in [0.2, 0.25) is 0 Å². The normalized spacial score (nSPS) is 11.2. The largest absolute Gasteiger partial charge is 0.504 e. The van der Waals surface area contributed by atoms with E-state index in [4.69, 9.17) is 9.47 Å². The summed E-state index contributed by atoms with van der Waals surface area (Å²) < 4.78 is 34.9. The zero-order chi connectivity index (χ0) is 13.1. The molecule has 0 heterocycles. The summed E-state index contributed by atoms with van der Waals surface area (Å²) in [6, 6.07) is 2.84. The third-order valence-electron chi connectivity index (χ3n) is 2.19. The van der Waals surface area contributed by atoms with E-state index in [1.807, 2.05) is 0 Å². The Morgan fingerprint density at radius 2 is 1.94 bits per heavy atom. The first kappa shape index (κ1) is 13.6. The molecule has 0 radical (unpaired) electrons. The van der Waals surface area contributed by atoms with Gasteiger partial charge in [0.25, 0.3) is 0 Å². The molecule has 2 N–H and O–H groups in total. The molecule has 6 nitrogen and oxygen atoms in total. The van der Waals surface area contributed by atoms with Gasteiger partial charge in [0.15, 0.2) is 11.5 Å². The summed E-state index contributed by atoms with van der Waals surface area (Å²) in [4.78, 5) is 0. The Balaban J connectivity index is 3.16. The fraction of sp³-hybridized carbons (Fsp3) is 0.400. The molecule has 0 fully saturated rings. The van der Waals surface area contributed by atoms with Gasteiger partial charge >= 0.3 is 0 Å². The van der Waals surface area contributed by atoms with Gasteiger partial charge in [0.05, 0.1) is 20.0 Å². The van der Waals surface area contributed by atoms with Crippen molar-refractivity contribution in [3.63, 3.8) is 0 Å². The number of phenolic OH excluding ortho intramolecular Hbond substituents is 1. The van der Waals surface area contributed by atoms with Crippen LogP contribution in [0, 0.1) is 0 Å². The number of sulfonamides is 1. The van der Waals surface area contributed by atoms with Gasteiger partial charge in [-0.15, -0.1) is 0 Å². The molecule has 0 amide bonds. The topological polar surface area (TPSA) is 84.9 Å². The standard InChI is InChI=1S/C10H15NO5S/c1-11-17(13,14)6-7-4-8(12)10(16-3)9(5-7)15-2/h4-5,11-12H,6H2,1-3H3. The Labute approximate surface area is 100 Å². The Hall–Kier alpha value is -1.47. The zero-order valence-corrected chi connectivity index (χ0v) is 10.7. The molecule has 0 saturated carbocycles. The number of hydrogen-bond acceptors (Lipinski definition) is 5. The van der Waals surface area contributed by atoms with Crippen LogP contribution < -0.4 is 14.2 Å². The van der Waals surface area contributed by atoms with E-state index >= 15 is 0 Å². The van der Waals surface area contributed by atoms with E-state index in [2.05, 4.69) is 4.72 Å². The van der Waals surface area contributed by atoms with Crippen molar-refractivity contribution in [3.8, 4) is 17.2 Å². The molecule has 0 saturated heterocycles. The molecule has 0 aliphatic carbocycles. The van der Waals surface area contributed by atoms with E-state index in [1.165, 1.54) is 33.4 Å². The summed E-state index contributed by atoms with van der Waals surface area (Å²) >= 11 is 0. The molecule has 0 spiro atoms. The highest BCUT2D eigenvalue weighted by Gasteiger charge is 2.15. The van der Waals surface area contributed by atoms with Gasteiger partial charge in [-0.25, -0.2) is 13.1 Å². The molecule has 96 valence electrons. The molecule has 0 aliphatic rings. The molecule has 17 heavy (non-hydrogen) atoms. The number of nitrogens with one attached hydrogen (secondary N) is 1. The second-order valence-corrected chi connectivity index (χ2v) is 5.24. The summed E-state index contributed by atoms with van der Waals surface area (Å²) in [5.74, 6) is 0.0669. The molecular weight excluding hydrogens is 246 g/mol. The number of phenols is 1. The van der Waals surface area contributed by atoms with Gasteiger partial charge in [-0.05, 0) is 24.7 Å².